The molecule has 0 saturated carbocycles. The molecular formula is C26H23N7O2. The van der Waals surface area contributed by atoms with Crippen molar-refractivity contribution in [2.24, 2.45) is 0 Å². The van der Waals surface area contributed by atoms with Gasteiger partial charge in [0.05, 0.1) is 35.6 Å². The summed E-state index contributed by atoms with van der Waals surface area (Å²) in [7, 11) is 1.62. The van der Waals surface area contributed by atoms with Crippen LogP contribution in [0.1, 0.15) is 16.1 Å². The van der Waals surface area contributed by atoms with Crippen LogP contribution in [0, 0.1) is 6.92 Å². The third-order valence-corrected chi connectivity index (χ3v) is 5.52. The number of pyridine rings is 1. The maximum Gasteiger partial charge on any atom is 0.255 e. The first-order valence-corrected chi connectivity index (χ1v) is 10.9. The lowest BCUT2D eigenvalue weighted by molar-refractivity contribution is 0.102. The van der Waals surface area contributed by atoms with Crippen LogP contribution in [-0.2, 0) is 0 Å². The monoisotopic (exact) mass is 465 g/mol. The Morgan fingerprint density at radius 2 is 1.80 bits per heavy atom. The van der Waals surface area contributed by atoms with Gasteiger partial charge in [0.25, 0.3) is 5.91 Å². The van der Waals surface area contributed by atoms with E-state index in [4.69, 9.17) is 10.5 Å². The highest BCUT2D eigenvalue weighted by molar-refractivity contribution is 6.05. The fraction of sp³-hybridized carbons (Fsp3) is 0.0769. The smallest absolute Gasteiger partial charge is 0.255 e. The van der Waals surface area contributed by atoms with Gasteiger partial charge in [-0.15, -0.1) is 0 Å². The molecule has 35 heavy (non-hydrogen) atoms. The number of aryl methyl sites for hydroxylation is 1. The normalized spacial score (nSPS) is 10.8. The van der Waals surface area contributed by atoms with Gasteiger partial charge in [0.15, 0.2) is 11.4 Å². The number of hydrogen-bond donors (Lipinski definition) is 3. The van der Waals surface area contributed by atoms with Crippen molar-refractivity contribution in [1.82, 2.24) is 19.4 Å². The Hall–Kier alpha value is -4.92. The van der Waals surface area contributed by atoms with Crippen molar-refractivity contribution >= 4 is 34.6 Å². The number of nitrogen functional groups attached to an aromatic ring is 1. The summed E-state index contributed by atoms with van der Waals surface area (Å²) in [5.74, 6) is 0.869. The number of hydrogen-bond acceptors (Lipinski definition) is 7. The highest BCUT2D eigenvalue weighted by atomic mass is 16.5. The number of nitrogens with two attached hydrogens (primary N) is 1. The first kappa shape index (κ1) is 21.9. The molecule has 0 unspecified atom stereocenters. The SMILES string of the molecule is COc1cccn2c(-c3ccnc(Nc4ccc(C(=O)Nc5ccccc5N)cc4)n3)c(C)nc12. The van der Waals surface area contributed by atoms with Crippen LogP contribution in [0.3, 0.4) is 0 Å². The summed E-state index contributed by atoms with van der Waals surface area (Å²) < 4.78 is 7.39. The number of amides is 1. The fourth-order valence-electron chi connectivity index (χ4n) is 3.81. The van der Waals surface area contributed by atoms with Gasteiger partial charge in [0.1, 0.15) is 0 Å². The van der Waals surface area contributed by atoms with Crippen LogP contribution < -0.4 is 21.1 Å². The quantitative estimate of drug-likeness (QED) is 0.311. The minimum atomic E-state index is -0.244. The van der Waals surface area contributed by atoms with Gasteiger partial charge in [-0.1, -0.05) is 12.1 Å². The van der Waals surface area contributed by atoms with Crippen molar-refractivity contribution in [3.05, 3.63) is 90.4 Å². The van der Waals surface area contributed by atoms with Crippen LogP contribution in [0.15, 0.2) is 79.1 Å². The minimum Gasteiger partial charge on any atom is -0.493 e. The average molecular weight is 466 g/mol. The van der Waals surface area contributed by atoms with E-state index in [1.807, 2.05) is 47.9 Å². The van der Waals surface area contributed by atoms with E-state index in [0.717, 1.165) is 28.4 Å². The molecule has 0 radical (unpaired) electrons. The average Bonchev–Trinajstić information content (AvgIpc) is 3.22. The number of carbonyl (C=O) groups excluding carboxylic acids is 1. The fourth-order valence-corrected chi connectivity index (χ4v) is 3.81. The van der Waals surface area contributed by atoms with E-state index in [0.29, 0.717) is 28.6 Å². The zero-order chi connectivity index (χ0) is 24.4. The zero-order valence-electron chi connectivity index (χ0n) is 19.2. The number of methoxy groups -OCH3 is 1. The molecule has 0 aliphatic heterocycles. The molecule has 0 saturated heterocycles. The highest BCUT2D eigenvalue weighted by Crippen LogP contribution is 2.28. The third-order valence-electron chi connectivity index (χ3n) is 5.52. The summed E-state index contributed by atoms with van der Waals surface area (Å²) in [6.45, 7) is 1.93. The molecule has 0 atom stereocenters. The number of para-hydroxylation sites is 2. The number of aromatic nitrogens is 4. The van der Waals surface area contributed by atoms with E-state index < -0.39 is 0 Å². The topological polar surface area (TPSA) is 119 Å². The number of anilines is 4. The van der Waals surface area contributed by atoms with Gasteiger partial charge in [0, 0.05) is 23.6 Å². The Balaban J connectivity index is 1.36. The highest BCUT2D eigenvalue weighted by Gasteiger charge is 2.16. The lowest BCUT2D eigenvalue weighted by atomic mass is 10.2. The van der Waals surface area contributed by atoms with Crippen molar-refractivity contribution in [3.8, 4) is 17.1 Å². The summed E-state index contributed by atoms with van der Waals surface area (Å²) in [6.07, 6.45) is 3.62. The molecule has 2 aromatic carbocycles. The molecule has 4 N–H and O–H groups in total. The molecule has 0 fully saturated rings. The number of ether oxygens (including phenoxy) is 1. The van der Waals surface area contributed by atoms with E-state index >= 15 is 0 Å². The number of benzene rings is 2. The molecule has 1 amide bonds. The van der Waals surface area contributed by atoms with Gasteiger partial charge in [-0.25, -0.2) is 15.0 Å². The van der Waals surface area contributed by atoms with Crippen molar-refractivity contribution in [2.75, 3.05) is 23.5 Å². The second-order valence-corrected chi connectivity index (χ2v) is 7.83. The molecule has 3 aromatic heterocycles. The summed E-state index contributed by atoms with van der Waals surface area (Å²) in [5, 5.41) is 6.01. The molecule has 5 aromatic rings. The van der Waals surface area contributed by atoms with Gasteiger partial charge in [-0.2, -0.15) is 0 Å². The number of carbonyl (C=O) groups is 1. The Morgan fingerprint density at radius 3 is 2.57 bits per heavy atom. The number of nitrogens with one attached hydrogen (secondary N) is 2. The molecule has 3 heterocycles. The van der Waals surface area contributed by atoms with Crippen molar-refractivity contribution in [1.29, 1.82) is 0 Å². The Labute approximate surface area is 201 Å². The van der Waals surface area contributed by atoms with E-state index in [-0.39, 0.29) is 5.91 Å². The van der Waals surface area contributed by atoms with E-state index in [2.05, 4.69) is 25.6 Å². The second kappa shape index (κ2) is 9.14. The van der Waals surface area contributed by atoms with Crippen LogP contribution in [0.2, 0.25) is 0 Å². The first-order valence-electron chi connectivity index (χ1n) is 10.9. The Kier molecular flexibility index (Phi) is 5.72. The zero-order valence-corrected chi connectivity index (χ0v) is 19.2. The Bertz CT molecular complexity index is 1530. The second-order valence-electron chi connectivity index (χ2n) is 7.83. The van der Waals surface area contributed by atoms with Gasteiger partial charge in [0.2, 0.25) is 5.95 Å². The van der Waals surface area contributed by atoms with Gasteiger partial charge in [-0.3, -0.25) is 9.20 Å². The summed E-state index contributed by atoms with van der Waals surface area (Å²) in [5.41, 5.74) is 11.4. The largest absolute Gasteiger partial charge is 0.493 e. The number of fused-ring (bicyclic) bond motifs is 1. The van der Waals surface area contributed by atoms with Crippen molar-refractivity contribution < 1.29 is 9.53 Å². The van der Waals surface area contributed by atoms with Crippen LogP contribution in [-0.4, -0.2) is 32.4 Å². The van der Waals surface area contributed by atoms with Gasteiger partial charge < -0.3 is 21.1 Å². The molecule has 0 aliphatic rings. The molecule has 9 heteroatoms. The van der Waals surface area contributed by atoms with Gasteiger partial charge >= 0.3 is 0 Å². The number of nitrogens with zero attached hydrogens (tertiary/aromatic N) is 4. The van der Waals surface area contributed by atoms with Crippen molar-refractivity contribution in [3.63, 3.8) is 0 Å². The van der Waals surface area contributed by atoms with E-state index in [1.165, 1.54) is 0 Å². The summed E-state index contributed by atoms with van der Waals surface area (Å²) in [6, 6.07) is 19.8. The predicted molar refractivity (Wildman–Crippen MR) is 136 cm³/mol. The van der Waals surface area contributed by atoms with Crippen LogP contribution in [0.5, 0.6) is 5.75 Å². The summed E-state index contributed by atoms with van der Waals surface area (Å²) in [4.78, 5) is 26.2. The first-order chi connectivity index (χ1) is 17.0. The Morgan fingerprint density at radius 1 is 1.00 bits per heavy atom. The number of imidazole rings is 1. The molecule has 9 nitrogen and oxygen atoms in total. The molecule has 0 bridgehead atoms. The maximum absolute atomic E-state index is 12.6. The molecule has 174 valence electrons. The lowest BCUT2D eigenvalue weighted by Gasteiger charge is -2.10. The van der Waals surface area contributed by atoms with Crippen LogP contribution in [0.4, 0.5) is 23.0 Å². The van der Waals surface area contributed by atoms with Crippen LogP contribution in [0.25, 0.3) is 17.0 Å². The van der Waals surface area contributed by atoms with E-state index in [9.17, 15) is 4.79 Å². The molecule has 5 rings (SSSR count). The van der Waals surface area contributed by atoms with Crippen LogP contribution >= 0.6 is 0 Å². The third kappa shape index (κ3) is 4.34. The maximum atomic E-state index is 12.6. The molecule has 0 spiro atoms. The lowest BCUT2D eigenvalue weighted by Crippen LogP contribution is -2.13. The number of rotatable bonds is 6. The van der Waals surface area contributed by atoms with E-state index in [1.54, 1.807) is 49.7 Å². The van der Waals surface area contributed by atoms with Crippen molar-refractivity contribution in [2.45, 2.75) is 6.92 Å². The molecule has 0 aliphatic carbocycles. The molecular weight excluding hydrogens is 442 g/mol. The van der Waals surface area contributed by atoms with Gasteiger partial charge in [-0.05, 0) is 61.5 Å². The standard InChI is InChI=1S/C26H23N7O2/c1-16-23(33-15-5-8-22(35-2)24(33)29-16)21-13-14-28-26(32-21)30-18-11-9-17(10-12-18)25(34)31-20-7-4-3-6-19(20)27/h3-15H,27H2,1-2H3,(H,31,34)(H,28,30,32). The minimum absolute atomic E-state index is 0.244. The predicted octanol–water partition coefficient (Wildman–Crippen LogP) is 4.69. The summed E-state index contributed by atoms with van der Waals surface area (Å²) >= 11 is 0.